The van der Waals surface area contributed by atoms with Crippen LogP contribution in [0.2, 0.25) is 0 Å². The summed E-state index contributed by atoms with van der Waals surface area (Å²) in [6.07, 6.45) is 3.29. The van der Waals surface area contributed by atoms with E-state index in [-0.39, 0.29) is 16.9 Å². The molecule has 0 atom stereocenters. The van der Waals surface area contributed by atoms with Crippen molar-refractivity contribution in [2.45, 2.75) is 37.6 Å². The molecule has 0 aliphatic heterocycles. The lowest BCUT2D eigenvalue weighted by Crippen LogP contribution is -2.48. The van der Waals surface area contributed by atoms with Crippen LogP contribution in [0, 0.1) is 21.4 Å². The van der Waals surface area contributed by atoms with E-state index < -0.39 is 16.4 Å². The monoisotopic (exact) mass is 289 g/mol. The largest absolute Gasteiger partial charge is 0.480 e. The van der Waals surface area contributed by atoms with Crippen molar-refractivity contribution in [1.82, 2.24) is 0 Å². The van der Waals surface area contributed by atoms with Crippen LogP contribution in [0.25, 0.3) is 0 Å². The molecule has 1 aliphatic rings. The lowest BCUT2D eigenvalue weighted by molar-refractivity contribution is -0.384. The predicted octanol–water partition coefficient (Wildman–Crippen LogP) is 2.67. The lowest BCUT2D eigenvalue weighted by atomic mass is 9.81. The fourth-order valence-electron chi connectivity index (χ4n) is 2.74. The second-order valence-corrected chi connectivity index (χ2v) is 5.14. The van der Waals surface area contributed by atoms with Crippen molar-refractivity contribution in [2.24, 2.45) is 0 Å². The molecule has 0 heterocycles. The van der Waals surface area contributed by atoms with Crippen LogP contribution < -0.4 is 5.32 Å². The molecule has 21 heavy (non-hydrogen) atoms. The van der Waals surface area contributed by atoms with Gasteiger partial charge >= 0.3 is 11.7 Å². The normalized spacial score (nSPS) is 16.7. The van der Waals surface area contributed by atoms with Gasteiger partial charge in [0.1, 0.15) is 22.9 Å². The van der Waals surface area contributed by atoms with Crippen LogP contribution in [0.15, 0.2) is 18.2 Å². The number of para-hydroxylation sites is 1. The summed E-state index contributed by atoms with van der Waals surface area (Å²) >= 11 is 0. The maximum atomic E-state index is 11.6. The zero-order valence-corrected chi connectivity index (χ0v) is 11.3. The second kappa shape index (κ2) is 5.79. The van der Waals surface area contributed by atoms with E-state index in [0.29, 0.717) is 12.8 Å². The third-order valence-corrected chi connectivity index (χ3v) is 3.83. The van der Waals surface area contributed by atoms with Gasteiger partial charge in [0.05, 0.1) is 4.92 Å². The molecule has 110 valence electrons. The Hall–Kier alpha value is -2.62. The number of carbonyl (C=O) groups is 1. The van der Waals surface area contributed by atoms with E-state index in [1.54, 1.807) is 6.07 Å². The fourth-order valence-corrected chi connectivity index (χ4v) is 2.74. The van der Waals surface area contributed by atoms with Gasteiger partial charge in [0.25, 0.3) is 0 Å². The van der Waals surface area contributed by atoms with Gasteiger partial charge in [-0.3, -0.25) is 10.1 Å². The van der Waals surface area contributed by atoms with E-state index in [9.17, 15) is 20.0 Å². The molecule has 0 spiro atoms. The Balaban J connectivity index is 2.45. The number of nitrogens with one attached hydrogen (secondary N) is 1. The van der Waals surface area contributed by atoms with Gasteiger partial charge in [0.2, 0.25) is 0 Å². The van der Waals surface area contributed by atoms with Gasteiger partial charge < -0.3 is 10.4 Å². The first-order chi connectivity index (χ1) is 10.00. The van der Waals surface area contributed by atoms with Gasteiger partial charge in [-0.05, 0) is 25.0 Å². The highest BCUT2D eigenvalue weighted by Crippen LogP contribution is 2.36. The fraction of sp³-hybridized carbons (Fsp3) is 0.429. The average Bonchev–Trinajstić information content (AvgIpc) is 2.47. The topological polar surface area (TPSA) is 116 Å². The quantitative estimate of drug-likeness (QED) is 0.650. The van der Waals surface area contributed by atoms with Crippen LogP contribution >= 0.6 is 0 Å². The first kappa shape index (κ1) is 14.8. The first-order valence-corrected chi connectivity index (χ1v) is 6.69. The Kier molecular flexibility index (Phi) is 4.08. The number of aliphatic carboxylic acids is 1. The van der Waals surface area contributed by atoms with Crippen molar-refractivity contribution in [3.63, 3.8) is 0 Å². The number of rotatable bonds is 4. The molecule has 0 aromatic heterocycles. The number of benzene rings is 1. The predicted molar refractivity (Wildman–Crippen MR) is 74.9 cm³/mol. The van der Waals surface area contributed by atoms with Crippen molar-refractivity contribution in [2.75, 3.05) is 5.32 Å². The summed E-state index contributed by atoms with van der Waals surface area (Å²) < 4.78 is 0. The van der Waals surface area contributed by atoms with E-state index in [4.69, 9.17) is 5.26 Å². The maximum absolute atomic E-state index is 11.6. The number of hydrogen-bond acceptors (Lipinski definition) is 5. The van der Waals surface area contributed by atoms with Crippen molar-refractivity contribution in [1.29, 1.82) is 5.26 Å². The molecule has 1 aliphatic carbocycles. The molecule has 7 heteroatoms. The van der Waals surface area contributed by atoms with Gasteiger partial charge in [0, 0.05) is 0 Å². The SMILES string of the molecule is N#Cc1cccc(NC2(C(=O)O)CCCCC2)c1[N+](=O)[O-]. The Labute approximate surface area is 121 Å². The molecule has 7 nitrogen and oxygen atoms in total. The lowest BCUT2D eigenvalue weighted by Gasteiger charge is -2.34. The summed E-state index contributed by atoms with van der Waals surface area (Å²) in [5, 5.41) is 32.5. The molecule has 1 saturated carbocycles. The van der Waals surface area contributed by atoms with E-state index in [2.05, 4.69) is 5.32 Å². The Morgan fingerprint density at radius 1 is 1.38 bits per heavy atom. The minimum Gasteiger partial charge on any atom is -0.480 e. The number of nitro benzene ring substituents is 1. The maximum Gasteiger partial charge on any atom is 0.329 e. The van der Waals surface area contributed by atoms with Gasteiger partial charge in [0.15, 0.2) is 0 Å². The van der Waals surface area contributed by atoms with Crippen LogP contribution in [-0.2, 0) is 4.79 Å². The molecular weight excluding hydrogens is 274 g/mol. The van der Waals surface area contributed by atoms with Crippen LogP contribution in [0.4, 0.5) is 11.4 Å². The van der Waals surface area contributed by atoms with Gasteiger partial charge in [-0.1, -0.05) is 25.3 Å². The summed E-state index contributed by atoms with van der Waals surface area (Å²) in [5.74, 6) is -1.01. The molecule has 1 aromatic carbocycles. The van der Waals surface area contributed by atoms with Crippen LogP contribution in [0.3, 0.4) is 0 Å². The van der Waals surface area contributed by atoms with Crippen LogP contribution in [0.5, 0.6) is 0 Å². The average molecular weight is 289 g/mol. The summed E-state index contributed by atoms with van der Waals surface area (Å²) in [7, 11) is 0. The number of hydrogen-bond donors (Lipinski definition) is 2. The molecule has 2 rings (SSSR count). The Morgan fingerprint density at radius 3 is 2.57 bits per heavy atom. The molecular formula is C14H15N3O4. The van der Waals surface area contributed by atoms with E-state index >= 15 is 0 Å². The van der Waals surface area contributed by atoms with Gasteiger partial charge in [-0.2, -0.15) is 5.26 Å². The van der Waals surface area contributed by atoms with Crippen molar-refractivity contribution >= 4 is 17.3 Å². The number of nitriles is 1. The summed E-state index contributed by atoms with van der Waals surface area (Å²) in [5.41, 5.74) is -1.56. The van der Waals surface area contributed by atoms with E-state index in [1.807, 2.05) is 0 Å². The van der Waals surface area contributed by atoms with Gasteiger partial charge in [-0.25, -0.2) is 4.79 Å². The zero-order chi connectivity index (χ0) is 15.5. The number of nitro groups is 1. The number of nitrogens with zero attached hydrogens (tertiary/aromatic N) is 2. The van der Waals surface area contributed by atoms with Crippen LogP contribution in [-0.4, -0.2) is 21.5 Å². The molecule has 0 saturated heterocycles. The first-order valence-electron chi connectivity index (χ1n) is 6.69. The standard InChI is InChI=1S/C14H15N3O4/c15-9-10-5-4-6-11(12(10)17(20)21)16-14(13(18)19)7-2-1-3-8-14/h4-6,16H,1-3,7-8H2,(H,18,19). The molecule has 0 radical (unpaired) electrons. The minimum absolute atomic E-state index is 0.0821. The molecule has 0 amide bonds. The van der Waals surface area contributed by atoms with E-state index in [1.165, 1.54) is 18.2 Å². The number of anilines is 1. The third kappa shape index (κ3) is 2.79. The third-order valence-electron chi connectivity index (χ3n) is 3.83. The molecule has 0 unspecified atom stereocenters. The van der Waals surface area contributed by atoms with Gasteiger partial charge in [-0.15, -0.1) is 0 Å². The minimum atomic E-state index is -1.20. The number of carboxylic acids is 1. The smallest absolute Gasteiger partial charge is 0.329 e. The zero-order valence-electron chi connectivity index (χ0n) is 11.3. The van der Waals surface area contributed by atoms with Crippen molar-refractivity contribution < 1.29 is 14.8 Å². The van der Waals surface area contributed by atoms with Crippen molar-refractivity contribution in [3.05, 3.63) is 33.9 Å². The summed E-state index contributed by atoms with van der Waals surface area (Å²) in [4.78, 5) is 22.1. The van der Waals surface area contributed by atoms with E-state index in [0.717, 1.165) is 19.3 Å². The Bertz CT molecular complexity index is 615. The highest BCUT2D eigenvalue weighted by molar-refractivity contribution is 5.85. The molecule has 0 bridgehead atoms. The summed E-state index contributed by atoms with van der Waals surface area (Å²) in [6.45, 7) is 0. The molecule has 1 aromatic rings. The van der Waals surface area contributed by atoms with Crippen molar-refractivity contribution in [3.8, 4) is 6.07 Å². The molecule has 1 fully saturated rings. The Morgan fingerprint density at radius 2 is 2.05 bits per heavy atom. The highest BCUT2D eigenvalue weighted by Gasteiger charge is 2.41. The second-order valence-electron chi connectivity index (χ2n) is 5.14. The van der Waals surface area contributed by atoms with Crippen LogP contribution in [0.1, 0.15) is 37.7 Å². The highest BCUT2D eigenvalue weighted by atomic mass is 16.6. The molecule has 2 N–H and O–H groups in total. The number of carboxylic acid groups (broad SMARTS) is 1. The summed E-state index contributed by atoms with van der Waals surface area (Å²) in [6, 6.07) is 6.06.